The first-order valence-corrected chi connectivity index (χ1v) is 7.03. The molecule has 1 aliphatic heterocycles. The van der Waals surface area contributed by atoms with Gasteiger partial charge < -0.3 is 25.2 Å². The molecule has 0 spiro atoms. The van der Waals surface area contributed by atoms with Crippen LogP contribution < -0.4 is 19.9 Å². The van der Waals surface area contributed by atoms with Crippen molar-refractivity contribution in [3.8, 4) is 17.2 Å². The Morgan fingerprint density at radius 2 is 2.10 bits per heavy atom. The number of unbranched alkanes of at least 4 members (excludes halogenated alkanes) is 1. The van der Waals surface area contributed by atoms with Gasteiger partial charge in [-0.05, 0) is 31.4 Å². The summed E-state index contributed by atoms with van der Waals surface area (Å²) < 4.78 is 16.2. The third-order valence-electron chi connectivity index (χ3n) is 3.61. The first kappa shape index (κ1) is 15.3. The normalized spacial score (nSPS) is 14.3. The molecule has 0 fully saturated rings. The van der Waals surface area contributed by atoms with Crippen molar-refractivity contribution in [2.45, 2.75) is 33.1 Å². The van der Waals surface area contributed by atoms with Crippen molar-refractivity contribution in [1.82, 2.24) is 0 Å². The topological polar surface area (TPSA) is 86.3 Å². The molecule has 116 valence electrons. The molecule has 1 aromatic rings. The summed E-state index contributed by atoms with van der Waals surface area (Å²) in [5.74, 6) is 2.51. The molecule has 0 unspecified atom stereocenters. The summed E-state index contributed by atoms with van der Waals surface area (Å²) in [4.78, 5) is 0. The van der Waals surface area contributed by atoms with Crippen LogP contribution in [-0.4, -0.2) is 24.4 Å². The van der Waals surface area contributed by atoms with Crippen LogP contribution in [-0.2, 0) is 0 Å². The first-order chi connectivity index (χ1) is 10.0. The van der Waals surface area contributed by atoms with Crippen LogP contribution in [0.3, 0.4) is 0 Å². The van der Waals surface area contributed by atoms with E-state index in [2.05, 4.69) is 5.16 Å². The Kier molecular flexibility index (Phi) is 4.77. The summed E-state index contributed by atoms with van der Waals surface area (Å²) in [6, 6.07) is 5.55. The second kappa shape index (κ2) is 6.56. The molecule has 0 amide bonds. The molecule has 0 aromatic heterocycles. The smallest absolute Gasteiger partial charge is 0.231 e. The molecule has 6 nitrogen and oxygen atoms in total. The minimum Gasteiger partial charge on any atom is -0.493 e. The number of fused-ring (bicyclic) bond motifs is 1. The lowest BCUT2D eigenvalue weighted by Crippen LogP contribution is -2.31. The van der Waals surface area contributed by atoms with E-state index in [1.54, 1.807) is 0 Å². The number of ether oxygens (including phenoxy) is 3. The van der Waals surface area contributed by atoms with Crippen LogP contribution in [0.15, 0.2) is 23.4 Å². The molecular formula is C15H22N2O4. The Morgan fingerprint density at radius 3 is 2.86 bits per heavy atom. The highest BCUT2D eigenvalue weighted by Crippen LogP contribution is 2.35. The zero-order valence-electron chi connectivity index (χ0n) is 12.5. The molecular weight excluding hydrogens is 272 g/mol. The lowest BCUT2D eigenvalue weighted by Gasteiger charge is -2.22. The van der Waals surface area contributed by atoms with Gasteiger partial charge in [0.1, 0.15) is 11.6 Å². The van der Waals surface area contributed by atoms with Crippen molar-refractivity contribution in [3.05, 3.63) is 18.2 Å². The quantitative estimate of drug-likeness (QED) is 0.265. The number of oxime groups is 1. The third kappa shape index (κ3) is 3.93. The standard InChI is InChI=1S/C15H22N2O4/c1-15(2,14(16)17-18)7-3-4-8-19-11-5-6-12-13(9-11)21-10-20-12/h5-6,9,18H,3-4,7-8,10H2,1-2H3,(H2,16,17). The molecule has 1 heterocycles. The van der Waals surface area contributed by atoms with E-state index < -0.39 is 0 Å². The largest absolute Gasteiger partial charge is 0.493 e. The fraction of sp³-hybridized carbons (Fsp3) is 0.533. The molecule has 3 N–H and O–H groups in total. The average Bonchev–Trinajstić information content (AvgIpc) is 2.93. The number of hydrogen-bond donors (Lipinski definition) is 2. The first-order valence-electron chi connectivity index (χ1n) is 7.03. The number of benzene rings is 1. The van der Waals surface area contributed by atoms with Crippen LogP contribution in [0.1, 0.15) is 33.1 Å². The molecule has 2 rings (SSSR count). The monoisotopic (exact) mass is 294 g/mol. The molecule has 1 aromatic carbocycles. The third-order valence-corrected chi connectivity index (χ3v) is 3.61. The number of nitrogens with two attached hydrogens (primary N) is 1. The van der Waals surface area contributed by atoms with Crippen molar-refractivity contribution in [3.63, 3.8) is 0 Å². The van der Waals surface area contributed by atoms with Gasteiger partial charge in [-0.25, -0.2) is 0 Å². The van der Waals surface area contributed by atoms with Crippen molar-refractivity contribution < 1.29 is 19.4 Å². The molecule has 6 heteroatoms. The summed E-state index contributed by atoms with van der Waals surface area (Å²) in [5, 5.41) is 11.8. The summed E-state index contributed by atoms with van der Waals surface area (Å²) in [6.45, 7) is 4.80. The minimum atomic E-state index is -0.298. The lowest BCUT2D eigenvalue weighted by atomic mass is 9.86. The summed E-state index contributed by atoms with van der Waals surface area (Å²) in [7, 11) is 0. The van der Waals surface area contributed by atoms with Crippen molar-refractivity contribution >= 4 is 5.84 Å². The predicted molar refractivity (Wildman–Crippen MR) is 79.1 cm³/mol. The van der Waals surface area contributed by atoms with E-state index >= 15 is 0 Å². The summed E-state index contributed by atoms with van der Waals surface area (Å²) in [6.07, 6.45) is 2.68. The summed E-state index contributed by atoms with van der Waals surface area (Å²) >= 11 is 0. The van der Waals surface area contributed by atoms with E-state index in [9.17, 15) is 0 Å². The van der Waals surface area contributed by atoms with Crippen LogP contribution in [0.25, 0.3) is 0 Å². The molecule has 0 saturated heterocycles. The lowest BCUT2D eigenvalue weighted by molar-refractivity contribution is 0.173. The maximum absolute atomic E-state index is 8.71. The van der Waals surface area contributed by atoms with Crippen LogP contribution in [0, 0.1) is 5.41 Å². The minimum absolute atomic E-state index is 0.263. The molecule has 0 saturated carbocycles. The Labute approximate surface area is 124 Å². The zero-order valence-corrected chi connectivity index (χ0v) is 12.5. The van der Waals surface area contributed by atoms with Crippen LogP contribution in [0.4, 0.5) is 0 Å². The molecule has 0 aliphatic carbocycles. The molecule has 1 aliphatic rings. The number of amidine groups is 1. The van der Waals surface area contributed by atoms with Crippen LogP contribution >= 0.6 is 0 Å². The van der Waals surface area contributed by atoms with Crippen molar-refractivity contribution in [2.75, 3.05) is 13.4 Å². The second-order valence-electron chi connectivity index (χ2n) is 5.69. The molecule has 0 radical (unpaired) electrons. The van der Waals surface area contributed by atoms with E-state index in [4.69, 9.17) is 25.2 Å². The molecule has 0 bridgehead atoms. The average molecular weight is 294 g/mol. The van der Waals surface area contributed by atoms with Gasteiger partial charge in [-0.3, -0.25) is 0 Å². The van der Waals surface area contributed by atoms with Gasteiger partial charge in [-0.2, -0.15) is 0 Å². The van der Waals surface area contributed by atoms with Gasteiger partial charge in [0.25, 0.3) is 0 Å². The van der Waals surface area contributed by atoms with Crippen molar-refractivity contribution in [2.24, 2.45) is 16.3 Å². The second-order valence-corrected chi connectivity index (χ2v) is 5.69. The van der Waals surface area contributed by atoms with Crippen LogP contribution in [0.5, 0.6) is 17.2 Å². The number of rotatable bonds is 7. The predicted octanol–water partition coefficient (Wildman–Crippen LogP) is 2.74. The maximum Gasteiger partial charge on any atom is 0.231 e. The number of hydrogen-bond acceptors (Lipinski definition) is 5. The SMILES string of the molecule is CC(C)(CCCCOc1ccc2c(c1)OCO2)/C(N)=N/O. The van der Waals surface area contributed by atoms with E-state index in [1.807, 2.05) is 32.0 Å². The maximum atomic E-state index is 8.71. The highest BCUT2D eigenvalue weighted by Gasteiger charge is 2.22. The van der Waals surface area contributed by atoms with Gasteiger partial charge >= 0.3 is 0 Å². The van der Waals surface area contributed by atoms with Gasteiger partial charge in [-0.1, -0.05) is 19.0 Å². The van der Waals surface area contributed by atoms with Gasteiger partial charge in [-0.15, -0.1) is 0 Å². The van der Waals surface area contributed by atoms with E-state index in [-0.39, 0.29) is 18.0 Å². The van der Waals surface area contributed by atoms with Gasteiger partial charge in [0.05, 0.1) is 6.61 Å². The van der Waals surface area contributed by atoms with E-state index in [1.165, 1.54) is 0 Å². The summed E-state index contributed by atoms with van der Waals surface area (Å²) in [5.41, 5.74) is 5.35. The molecule has 0 atom stereocenters. The Hall–Kier alpha value is -2.11. The van der Waals surface area contributed by atoms with E-state index in [0.29, 0.717) is 6.61 Å². The zero-order chi connectivity index (χ0) is 15.3. The number of nitrogens with zero attached hydrogens (tertiary/aromatic N) is 1. The Bertz CT molecular complexity index is 514. The fourth-order valence-corrected chi connectivity index (χ4v) is 2.09. The highest BCUT2D eigenvalue weighted by molar-refractivity contribution is 5.85. The molecule has 21 heavy (non-hydrogen) atoms. The van der Waals surface area contributed by atoms with E-state index in [0.717, 1.165) is 36.5 Å². The van der Waals surface area contributed by atoms with Gasteiger partial charge in [0.15, 0.2) is 11.5 Å². The Balaban J connectivity index is 1.71. The van der Waals surface area contributed by atoms with Gasteiger partial charge in [0.2, 0.25) is 6.79 Å². The van der Waals surface area contributed by atoms with Crippen LogP contribution in [0.2, 0.25) is 0 Å². The fourth-order valence-electron chi connectivity index (χ4n) is 2.09. The van der Waals surface area contributed by atoms with Crippen molar-refractivity contribution in [1.29, 1.82) is 0 Å². The Morgan fingerprint density at radius 1 is 1.33 bits per heavy atom. The van der Waals surface area contributed by atoms with Gasteiger partial charge in [0, 0.05) is 11.5 Å². The highest BCUT2D eigenvalue weighted by atomic mass is 16.7.